The van der Waals surface area contributed by atoms with E-state index >= 15 is 0 Å². The van der Waals surface area contributed by atoms with Gasteiger partial charge in [0, 0.05) is 32.6 Å². The summed E-state index contributed by atoms with van der Waals surface area (Å²) < 4.78 is 5.17. The number of hydrazine groups is 1. The molecule has 2 heterocycles. The molecule has 1 aromatic rings. The van der Waals surface area contributed by atoms with Crippen LogP contribution in [0.5, 0.6) is 0 Å². The van der Waals surface area contributed by atoms with E-state index < -0.39 is 10.5 Å². The second kappa shape index (κ2) is 5.94. The molecule has 20 heavy (non-hydrogen) atoms. The van der Waals surface area contributed by atoms with Crippen molar-refractivity contribution in [1.82, 2.24) is 9.97 Å². The van der Waals surface area contributed by atoms with E-state index in [1.807, 2.05) is 0 Å². The van der Waals surface area contributed by atoms with Crippen LogP contribution in [0.3, 0.4) is 0 Å². The molecule has 1 aromatic heterocycles. The molecule has 1 aliphatic rings. The number of nitrogens with zero attached hydrogens (tertiary/aromatic N) is 3. The van der Waals surface area contributed by atoms with Crippen molar-refractivity contribution in [1.29, 1.82) is 0 Å². The van der Waals surface area contributed by atoms with Crippen LogP contribution in [0.2, 0.25) is 0 Å². The minimum Gasteiger partial charge on any atom is -0.388 e. The fraction of sp³-hybridized carbons (Fsp3) is 0.600. The van der Waals surface area contributed by atoms with Crippen molar-refractivity contribution in [3.05, 3.63) is 16.4 Å². The van der Waals surface area contributed by atoms with E-state index in [4.69, 9.17) is 10.6 Å². The predicted molar refractivity (Wildman–Crippen MR) is 70.0 cm³/mol. The molecule has 1 aliphatic heterocycles. The van der Waals surface area contributed by atoms with Crippen molar-refractivity contribution in [2.24, 2.45) is 5.84 Å². The Labute approximate surface area is 114 Å². The topological polar surface area (TPSA) is 148 Å². The Morgan fingerprint density at radius 2 is 2.10 bits per heavy atom. The van der Waals surface area contributed by atoms with Gasteiger partial charge in [-0.1, -0.05) is 0 Å². The fourth-order valence-corrected chi connectivity index (χ4v) is 1.96. The van der Waals surface area contributed by atoms with Crippen molar-refractivity contribution >= 4 is 17.3 Å². The van der Waals surface area contributed by atoms with E-state index in [1.165, 1.54) is 0 Å². The highest BCUT2D eigenvalue weighted by molar-refractivity contribution is 5.68. The van der Waals surface area contributed by atoms with Crippen molar-refractivity contribution in [3.63, 3.8) is 0 Å². The second-order valence-corrected chi connectivity index (χ2v) is 4.51. The number of aromatic nitrogens is 2. The first kappa shape index (κ1) is 14.4. The normalized spacial score (nSPS) is 17.5. The summed E-state index contributed by atoms with van der Waals surface area (Å²) in [5.74, 6) is 5.10. The maximum Gasteiger partial charge on any atom is 0.354 e. The zero-order valence-electron chi connectivity index (χ0n) is 10.7. The van der Waals surface area contributed by atoms with E-state index in [2.05, 4.69) is 20.7 Å². The lowest BCUT2D eigenvalue weighted by Gasteiger charge is -2.32. The third-order valence-corrected chi connectivity index (χ3v) is 3.15. The van der Waals surface area contributed by atoms with E-state index in [9.17, 15) is 15.2 Å². The lowest BCUT2D eigenvalue weighted by atomic mass is 9.94. The van der Waals surface area contributed by atoms with Gasteiger partial charge in [-0.25, -0.2) is 15.8 Å². The highest BCUT2D eigenvalue weighted by Gasteiger charge is 2.31. The van der Waals surface area contributed by atoms with Gasteiger partial charge in [-0.15, -0.1) is 0 Å². The number of rotatable bonds is 5. The molecule has 2 rings (SSSR count). The number of nitrogens with two attached hydrogens (primary N) is 1. The summed E-state index contributed by atoms with van der Waals surface area (Å²) in [6.45, 7) is 1.05. The van der Waals surface area contributed by atoms with Gasteiger partial charge in [-0.2, -0.15) is 0 Å². The van der Waals surface area contributed by atoms with Gasteiger partial charge in [0.2, 0.25) is 11.6 Å². The minimum absolute atomic E-state index is 0.0119. The number of hydrogen-bond acceptors (Lipinski definition) is 9. The number of nitro groups is 1. The van der Waals surface area contributed by atoms with E-state index in [1.54, 1.807) is 0 Å². The first-order valence-corrected chi connectivity index (χ1v) is 6.06. The molecule has 0 unspecified atom stereocenters. The van der Waals surface area contributed by atoms with Crippen LogP contribution < -0.4 is 16.6 Å². The van der Waals surface area contributed by atoms with Crippen molar-refractivity contribution in [3.8, 4) is 0 Å². The molecule has 110 valence electrons. The Hall–Kier alpha value is -2.04. The third-order valence-electron chi connectivity index (χ3n) is 3.15. The third kappa shape index (κ3) is 3.10. The second-order valence-electron chi connectivity index (χ2n) is 4.51. The highest BCUT2D eigenvalue weighted by atomic mass is 16.6. The monoisotopic (exact) mass is 284 g/mol. The number of ether oxygens (including phenoxy) is 1. The van der Waals surface area contributed by atoms with E-state index in [0.717, 1.165) is 6.33 Å². The summed E-state index contributed by atoms with van der Waals surface area (Å²) in [5, 5.41) is 24.1. The number of hydrogen-bond donors (Lipinski definition) is 4. The zero-order valence-corrected chi connectivity index (χ0v) is 10.7. The molecule has 0 spiro atoms. The molecule has 0 aromatic carbocycles. The van der Waals surface area contributed by atoms with Gasteiger partial charge >= 0.3 is 5.69 Å². The standard InChI is InChI=1S/C10H16N6O4/c11-15-9-7(16(18)19)8(13-6-14-9)12-5-10(17)1-3-20-4-2-10/h6,17H,1-5,11H2,(H2,12,13,14,15). The minimum atomic E-state index is -0.965. The molecule has 0 radical (unpaired) electrons. The van der Waals surface area contributed by atoms with E-state index in [0.29, 0.717) is 26.1 Å². The molecule has 10 heteroatoms. The summed E-state index contributed by atoms with van der Waals surface area (Å²) in [6.07, 6.45) is 2.07. The van der Waals surface area contributed by atoms with Crippen LogP contribution in [0.25, 0.3) is 0 Å². The van der Waals surface area contributed by atoms with Crippen LogP contribution in [0.15, 0.2) is 6.33 Å². The summed E-state index contributed by atoms with van der Waals surface area (Å²) in [6, 6.07) is 0. The van der Waals surface area contributed by atoms with Gasteiger partial charge in [0.05, 0.1) is 10.5 Å². The van der Waals surface area contributed by atoms with Crippen molar-refractivity contribution < 1.29 is 14.8 Å². The molecule has 0 saturated carbocycles. The number of aliphatic hydroxyl groups is 1. The maximum absolute atomic E-state index is 11.0. The highest BCUT2D eigenvalue weighted by Crippen LogP contribution is 2.29. The Kier molecular flexibility index (Phi) is 4.27. The average Bonchev–Trinajstić information content (AvgIpc) is 2.45. The number of nitrogens with one attached hydrogen (secondary N) is 2. The Morgan fingerprint density at radius 1 is 1.45 bits per heavy atom. The summed E-state index contributed by atoms with van der Waals surface area (Å²) >= 11 is 0. The van der Waals surface area contributed by atoms with Gasteiger partial charge < -0.3 is 20.6 Å². The lowest BCUT2D eigenvalue weighted by Crippen LogP contribution is -2.42. The first-order chi connectivity index (χ1) is 9.56. The summed E-state index contributed by atoms with van der Waals surface area (Å²) in [7, 11) is 0. The van der Waals surface area contributed by atoms with Gasteiger partial charge in [-0.3, -0.25) is 10.1 Å². The van der Waals surface area contributed by atoms with Crippen LogP contribution in [0, 0.1) is 10.1 Å². The number of nitrogen functional groups attached to an aromatic ring is 1. The molecule has 5 N–H and O–H groups in total. The molecule has 0 bridgehead atoms. The molecular formula is C10H16N6O4. The van der Waals surface area contributed by atoms with Crippen LogP contribution in [-0.2, 0) is 4.74 Å². The molecule has 0 atom stereocenters. The molecule has 1 fully saturated rings. The van der Waals surface area contributed by atoms with Crippen LogP contribution >= 0.6 is 0 Å². The lowest BCUT2D eigenvalue weighted by molar-refractivity contribution is -0.383. The average molecular weight is 284 g/mol. The molecule has 0 aliphatic carbocycles. The summed E-state index contributed by atoms with van der Waals surface area (Å²) in [4.78, 5) is 17.9. The summed E-state index contributed by atoms with van der Waals surface area (Å²) in [5.41, 5.74) is 0.829. The molecule has 10 nitrogen and oxygen atoms in total. The van der Waals surface area contributed by atoms with Crippen LogP contribution in [0.1, 0.15) is 12.8 Å². The Balaban J connectivity index is 2.14. The Morgan fingerprint density at radius 3 is 2.70 bits per heavy atom. The smallest absolute Gasteiger partial charge is 0.354 e. The van der Waals surface area contributed by atoms with Gasteiger partial charge in [0.25, 0.3) is 0 Å². The quantitative estimate of drug-likeness (QED) is 0.322. The maximum atomic E-state index is 11.0. The van der Waals surface area contributed by atoms with Crippen LogP contribution in [0.4, 0.5) is 17.3 Å². The largest absolute Gasteiger partial charge is 0.388 e. The molecule has 0 amide bonds. The van der Waals surface area contributed by atoms with Crippen LogP contribution in [-0.4, -0.2) is 45.4 Å². The first-order valence-electron chi connectivity index (χ1n) is 6.06. The van der Waals surface area contributed by atoms with Crippen molar-refractivity contribution in [2.45, 2.75) is 18.4 Å². The van der Waals surface area contributed by atoms with Crippen molar-refractivity contribution in [2.75, 3.05) is 30.5 Å². The Bertz CT molecular complexity index is 491. The molecular weight excluding hydrogens is 268 g/mol. The fourth-order valence-electron chi connectivity index (χ4n) is 1.96. The number of anilines is 2. The predicted octanol–water partition coefficient (Wildman–Crippen LogP) is -0.376. The molecule has 1 saturated heterocycles. The zero-order chi connectivity index (χ0) is 14.6. The van der Waals surface area contributed by atoms with Gasteiger partial charge in [0.15, 0.2) is 0 Å². The SMILES string of the molecule is NNc1ncnc(NCC2(O)CCOCC2)c1[N+](=O)[O-]. The van der Waals surface area contributed by atoms with Gasteiger partial charge in [0.1, 0.15) is 6.33 Å². The van der Waals surface area contributed by atoms with Gasteiger partial charge in [-0.05, 0) is 0 Å². The van der Waals surface area contributed by atoms with E-state index in [-0.39, 0.29) is 23.9 Å².